The Balaban J connectivity index is 1.59. The van der Waals surface area contributed by atoms with Crippen molar-refractivity contribution in [3.8, 4) is 5.75 Å². The summed E-state index contributed by atoms with van der Waals surface area (Å²) in [5.41, 5.74) is 1.08. The molecule has 1 aliphatic rings. The summed E-state index contributed by atoms with van der Waals surface area (Å²) in [5.74, 6) is 0.143. The zero-order valence-electron chi connectivity index (χ0n) is 12.4. The Labute approximate surface area is 139 Å². The molecule has 1 fully saturated rings. The van der Waals surface area contributed by atoms with Crippen LogP contribution >= 0.6 is 11.6 Å². The third kappa shape index (κ3) is 3.71. The van der Waals surface area contributed by atoms with Gasteiger partial charge in [-0.1, -0.05) is 41.9 Å². The van der Waals surface area contributed by atoms with E-state index in [9.17, 15) is 9.59 Å². The Hall–Kier alpha value is -2.33. The van der Waals surface area contributed by atoms with E-state index in [2.05, 4.69) is 0 Å². The second-order valence-electron chi connectivity index (χ2n) is 5.45. The summed E-state index contributed by atoms with van der Waals surface area (Å²) >= 11 is 5.80. The van der Waals surface area contributed by atoms with Crippen LogP contribution in [-0.4, -0.2) is 29.9 Å². The Morgan fingerprint density at radius 2 is 1.83 bits per heavy atom. The summed E-state index contributed by atoms with van der Waals surface area (Å²) < 4.78 is 5.42. The normalized spacial score (nSPS) is 17.3. The van der Waals surface area contributed by atoms with Gasteiger partial charge in [-0.05, 0) is 29.8 Å². The summed E-state index contributed by atoms with van der Waals surface area (Å²) in [6.07, 6.45) is 0.358. The number of amides is 2. The van der Waals surface area contributed by atoms with Gasteiger partial charge in [0.15, 0.2) is 6.61 Å². The SMILES string of the molecule is O=C(COc1ccc(Cl)cc1)N1C[C@H](c2ccccc2)CC1=O. The molecule has 0 radical (unpaired) electrons. The fourth-order valence-electron chi connectivity index (χ4n) is 2.65. The highest BCUT2D eigenvalue weighted by molar-refractivity contribution is 6.30. The van der Waals surface area contributed by atoms with Crippen molar-refractivity contribution < 1.29 is 14.3 Å². The number of halogens is 1. The topological polar surface area (TPSA) is 46.6 Å². The lowest BCUT2D eigenvalue weighted by Gasteiger charge is -2.15. The number of carbonyl (C=O) groups is 2. The molecule has 2 aromatic rings. The van der Waals surface area contributed by atoms with E-state index in [0.29, 0.717) is 23.7 Å². The molecule has 0 saturated carbocycles. The van der Waals surface area contributed by atoms with E-state index < -0.39 is 0 Å². The Bertz CT molecular complexity index is 700. The first-order valence-corrected chi connectivity index (χ1v) is 7.78. The number of imide groups is 1. The third-order valence-corrected chi connectivity index (χ3v) is 4.12. The maximum atomic E-state index is 12.2. The molecule has 0 spiro atoms. The minimum atomic E-state index is -0.316. The van der Waals surface area contributed by atoms with Gasteiger partial charge in [0.2, 0.25) is 5.91 Å². The van der Waals surface area contributed by atoms with E-state index in [1.807, 2.05) is 30.3 Å². The Morgan fingerprint density at radius 3 is 2.52 bits per heavy atom. The van der Waals surface area contributed by atoms with E-state index in [-0.39, 0.29) is 24.3 Å². The average molecular weight is 330 g/mol. The van der Waals surface area contributed by atoms with Crippen LogP contribution in [0.1, 0.15) is 17.9 Å². The molecule has 0 bridgehead atoms. The van der Waals surface area contributed by atoms with Crippen molar-refractivity contribution in [1.29, 1.82) is 0 Å². The van der Waals surface area contributed by atoms with Gasteiger partial charge in [-0.2, -0.15) is 0 Å². The van der Waals surface area contributed by atoms with Gasteiger partial charge in [0.25, 0.3) is 5.91 Å². The van der Waals surface area contributed by atoms with E-state index >= 15 is 0 Å². The molecule has 0 unspecified atom stereocenters. The molecule has 2 amide bonds. The van der Waals surface area contributed by atoms with Gasteiger partial charge in [0, 0.05) is 23.9 Å². The quantitative estimate of drug-likeness (QED) is 0.865. The van der Waals surface area contributed by atoms with Crippen LogP contribution in [-0.2, 0) is 9.59 Å². The summed E-state index contributed by atoms with van der Waals surface area (Å²) in [7, 11) is 0. The van der Waals surface area contributed by atoms with Gasteiger partial charge in [0.05, 0.1) is 0 Å². The Kier molecular flexibility index (Phi) is 4.63. The molecular formula is C18H16ClNO3. The summed E-state index contributed by atoms with van der Waals surface area (Å²) in [6, 6.07) is 16.5. The molecule has 1 atom stereocenters. The van der Waals surface area contributed by atoms with Crippen molar-refractivity contribution in [2.45, 2.75) is 12.3 Å². The smallest absolute Gasteiger partial charge is 0.267 e. The molecule has 1 saturated heterocycles. The first-order valence-electron chi connectivity index (χ1n) is 7.40. The predicted octanol–water partition coefficient (Wildman–Crippen LogP) is 3.26. The highest BCUT2D eigenvalue weighted by atomic mass is 35.5. The van der Waals surface area contributed by atoms with E-state index in [0.717, 1.165) is 5.56 Å². The van der Waals surface area contributed by atoms with Crippen molar-refractivity contribution in [3.63, 3.8) is 0 Å². The lowest BCUT2D eigenvalue weighted by Crippen LogP contribution is -2.36. The summed E-state index contributed by atoms with van der Waals surface area (Å²) in [6.45, 7) is 0.251. The molecule has 5 heteroatoms. The van der Waals surface area contributed by atoms with Gasteiger partial charge in [-0.25, -0.2) is 0 Å². The van der Waals surface area contributed by atoms with Crippen LogP contribution in [0.15, 0.2) is 54.6 Å². The number of ether oxygens (including phenoxy) is 1. The molecule has 118 valence electrons. The highest BCUT2D eigenvalue weighted by Crippen LogP contribution is 2.28. The van der Waals surface area contributed by atoms with Gasteiger partial charge < -0.3 is 4.74 Å². The number of carbonyl (C=O) groups excluding carboxylic acids is 2. The molecular weight excluding hydrogens is 314 g/mol. The second-order valence-corrected chi connectivity index (χ2v) is 5.89. The van der Waals surface area contributed by atoms with Crippen molar-refractivity contribution in [2.75, 3.05) is 13.2 Å². The van der Waals surface area contributed by atoms with Gasteiger partial charge in [0.1, 0.15) is 5.75 Å². The van der Waals surface area contributed by atoms with E-state index in [4.69, 9.17) is 16.3 Å². The number of rotatable bonds is 4. The molecule has 0 aliphatic carbocycles. The molecule has 1 aliphatic heterocycles. The first-order chi connectivity index (χ1) is 11.1. The molecule has 4 nitrogen and oxygen atoms in total. The van der Waals surface area contributed by atoms with Crippen LogP contribution in [0, 0.1) is 0 Å². The van der Waals surface area contributed by atoms with Crippen molar-refractivity contribution in [1.82, 2.24) is 4.90 Å². The molecule has 3 rings (SSSR count). The van der Waals surface area contributed by atoms with E-state index in [1.54, 1.807) is 24.3 Å². The summed E-state index contributed by atoms with van der Waals surface area (Å²) in [4.78, 5) is 25.6. The zero-order valence-corrected chi connectivity index (χ0v) is 13.2. The number of hydrogen-bond acceptors (Lipinski definition) is 3. The van der Waals surface area contributed by atoms with Crippen molar-refractivity contribution in [2.24, 2.45) is 0 Å². The number of nitrogens with zero attached hydrogens (tertiary/aromatic N) is 1. The van der Waals surface area contributed by atoms with E-state index in [1.165, 1.54) is 4.90 Å². The minimum absolute atomic E-state index is 0.0585. The first kappa shape index (κ1) is 15.6. The maximum Gasteiger partial charge on any atom is 0.267 e. The number of likely N-dealkylation sites (tertiary alicyclic amines) is 1. The monoisotopic (exact) mass is 329 g/mol. The fourth-order valence-corrected chi connectivity index (χ4v) is 2.78. The number of benzene rings is 2. The summed E-state index contributed by atoms with van der Waals surface area (Å²) in [5, 5.41) is 0.601. The van der Waals surface area contributed by atoms with Gasteiger partial charge in [-0.15, -0.1) is 0 Å². The van der Waals surface area contributed by atoms with Crippen LogP contribution in [0.4, 0.5) is 0 Å². The van der Waals surface area contributed by atoms with Crippen LogP contribution in [0.5, 0.6) is 5.75 Å². The molecule has 23 heavy (non-hydrogen) atoms. The largest absolute Gasteiger partial charge is 0.484 e. The minimum Gasteiger partial charge on any atom is -0.484 e. The molecule has 0 aromatic heterocycles. The second kappa shape index (κ2) is 6.84. The predicted molar refractivity (Wildman–Crippen MR) is 87.5 cm³/mol. The van der Waals surface area contributed by atoms with Crippen LogP contribution in [0.25, 0.3) is 0 Å². The highest BCUT2D eigenvalue weighted by Gasteiger charge is 2.34. The standard InChI is InChI=1S/C18H16ClNO3/c19-15-6-8-16(9-7-15)23-12-18(22)20-11-14(10-17(20)21)13-4-2-1-3-5-13/h1-9,14H,10-12H2/t14-/m1/s1. The van der Waals surface area contributed by atoms with Crippen molar-refractivity contribution >= 4 is 23.4 Å². The maximum absolute atomic E-state index is 12.2. The fraction of sp³-hybridized carbons (Fsp3) is 0.222. The van der Waals surface area contributed by atoms with Crippen molar-refractivity contribution in [3.05, 3.63) is 65.2 Å². The lowest BCUT2D eigenvalue weighted by atomic mass is 9.99. The zero-order chi connectivity index (χ0) is 16.2. The van der Waals surface area contributed by atoms with Gasteiger partial charge in [-0.3, -0.25) is 14.5 Å². The van der Waals surface area contributed by atoms with Crippen LogP contribution in [0.3, 0.4) is 0 Å². The molecule has 0 N–H and O–H groups in total. The average Bonchev–Trinajstić information content (AvgIpc) is 2.97. The van der Waals surface area contributed by atoms with Crippen LogP contribution < -0.4 is 4.74 Å². The van der Waals surface area contributed by atoms with Gasteiger partial charge >= 0.3 is 0 Å². The third-order valence-electron chi connectivity index (χ3n) is 3.87. The molecule has 1 heterocycles. The molecule has 2 aromatic carbocycles. The Morgan fingerprint density at radius 1 is 1.13 bits per heavy atom. The lowest BCUT2D eigenvalue weighted by molar-refractivity contribution is -0.143. The van der Waals surface area contributed by atoms with Crippen LogP contribution in [0.2, 0.25) is 5.02 Å². The number of hydrogen-bond donors (Lipinski definition) is 0.